The van der Waals surface area contributed by atoms with Gasteiger partial charge in [-0.15, -0.1) is 11.3 Å². The van der Waals surface area contributed by atoms with E-state index in [1.54, 1.807) is 28.5 Å². The molecular weight excluding hydrogens is 407 g/mol. The summed E-state index contributed by atoms with van der Waals surface area (Å²) in [5.74, 6) is -0.354. The van der Waals surface area contributed by atoms with E-state index in [2.05, 4.69) is 15.6 Å². The molecule has 3 rings (SSSR count). The van der Waals surface area contributed by atoms with Gasteiger partial charge in [-0.05, 0) is 38.8 Å². The molecule has 1 aromatic heterocycles. The lowest BCUT2D eigenvalue weighted by molar-refractivity contribution is -0.125. The van der Waals surface area contributed by atoms with E-state index in [4.69, 9.17) is 23.2 Å². The molecule has 1 aliphatic heterocycles. The molecule has 2 N–H and O–H groups in total. The van der Waals surface area contributed by atoms with Crippen LogP contribution in [0.2, 0.25) is 10.0 Å². The molecule has 1 saturated heterocycles. The van der Waals surface area contributed by atoms with Gasteiger partial charge in [0.2, 0.25) is 5.91 Å². The number of rotatable bonds is 5. The van der Waals surface area contributed by atoms with Gasteiger partial charge in [-0.3, -0.25) is 9.59 Å². The summed E-state index contributed by atoms with van der Waals surface area (Å²) in [4.78, 5) is 31.2. The maximum absolute atomic E-state index is 12.8. The van der Waals surface area contributed by atoms with Crippen molar-refractivity contribution in [2.45, 2.75) is 38.8 Å². The second kappa shape index (κ2) is 8.46. The Hall–Kier alpha value is -1.83. The quantitative estimate of drug-likeness (QED) is 0.745. The van der Waals surface area contributed by atoms with Gasteiger partial charge >= 0.3 is 0 Å². The largest absolute Gasteiger partial charge is 0.352 e. The lowest BCUT2D eigenvalue weighted by Crippen LogP contribution is -2.47. The molecule has 0 saturated carbocycles. The van der Waals surface area contributed by atoms with Gasteiger partial charge in [0.05, 0.1) is 15.7 Å². The van der Waals surface area contributed by atoms with E-state index >= 15 is 0 Å². The third-order valence-electron chi connectivity index (χ3n) is 4.16. The van der Waals surface area contributed by atoms with Crippen LogP contribution in [0, 0.1) is 0 Å². The van der Waals surface area contributed by atoms with Gasteiger partial charge in [-0.1, -0.05) is 29.3 Å². The fourth-order valence-electron chi connectivity index (χ4n) is 2.96. The number of thiazole rings is 1. The number of hydrogen-bond donors (Lipinski definition) is 2. The first-order valence-corrected chi connectivity index (χ1v) is 10.3. The Morgan fingerprint density at radius 3 is 2.85 bits per heavy atom. The van der Waals surface area contributed by atoms with Crippen molar-refractivity contribution in [2.75, 3.05) is 11.9 Å². The van der Waals surface area contributed by atoms with Gasteiger partial charge in [0.1, 0.15) is 11.7 Å². The predicted molar refractivity (Wildman–Crippen MR) is 109 cm³/mol. The highest BCUT2D eigenvalue weighted by atomic mass is 35.5. The van der Waals surface area contributed by atoms with Crippen LogP contribution in [0.4, 0.5) is 10.8 Å². The maximum atomic E-state index is 12.8. The van der Waals surface area contributed by atoms with E-state index in [-0.39, 0.29) is 17.9 Å². The minimum atomic E-state index is -0.444. The number of nitrogens with one attached hydrogen (secondary N) is 2. The highest BCUT2D eigenvalue weighted by Crippen LogP contribution is 2.33. The molecule has 1 fully saturated rings. The number of amides is 2. The summed E-state index contributed by atoms with van der Waals surface area (Å²) in [6.45, 7) is 4.35. The van der Waals surface area contributed by atoms with Crippen LogP contribution in [0.15, 0.2) is 23.6 Å². The molecule has 0 radical (unpaired) electrons. The van der Waals surface area contributed by atoms with Crippen LogP contribution in [-0.4, -0.2) is 40.3 Å². The first-order chi connectivity index (χ1) is 12.9. The Morgan fingerprint density at radius 2 is 2.11 bits per heavy atom. The summed E-state index contributed by atoms with van der Waals surface area (Å²) in [6.07, 6.45) is 1.47. The highest BCUT2D eigenvalue weighted by Gasteiger charge is 2.35. The zero-order chi connectivity index (χ0) is 19.6. The average molecular weight is 427 g/mol. The SMILES string of the molecule is CC(C)NC(=O)C1CCCN1C(=O)c1csc(Nc2cccc(Cl)c2Cl)n1. The maximum Gasteiger partial charge on any atom is 0.274 e. The summed E-state index contributed by atoms with van der Waals surface area (Å²) in [6, 6.07) is 4.84. The fraction of sp³-hybridized carbons (Fsp3) is 0.389. The molecule has 1 aliphatic rings. The Morgan fingerprint density at radius 1 is 1.33 bits per heavy atom. The second-order valence-corrected chi connectivity index (χ2v) is 8.23. The van der Waals surface area contributed by atoms with Gasteiger partial charge < -0.3 is 15.5 Å². The smallest absolute Gasteiger partial charge is 0.274 e. The summed E-state index contributed by atoms with van der Waals surface area (Å²) in [5.41, 5.74) is 0.928. The van der Waals surface area contributed by atoms with Crippen LogP contribution in [-0.2, 0) is 4.79 Å². The molecule has 6 nitrogen and oxygen atoms in total. The van der Waals surface area contributed by atoms with Crippen molar-refractivity contribution in [2.24, 2.45) is 0 Å². The molecule has 0 spiro atoms. The molecule has 0 bridgehead atoms. The van der Waals surface area contributed by atoms with Gasteiger partial charge in [0.25, 0.3) is 5.91 Å². The molecule has 27 heavy (non-hydrogen) atoms. The van der Waals surface area contributed by atoms with Crippen LogP contribution in [0.5, 0.6) is 0 Å². The average Bonchev–Trinajstić information content (AvgIpc) is 3.27. The number of likely N-dealkylation sites (tertiary alicyclic amines) is 1. The predicted octanol–water partition coefficient (Wildman–Crippen LogP) is 4.32. The molecule has 1 aromatic carbocycles. The molecule has 1 atom stereocenters. The molecular formula is C18H20Cl2N4O2S. The lowest BCUT2D eigenvalue weighted by atomic mass is 10.2. The molecule has 2 amide bonds. The van der Waals surface area contributed by atoms with E-state index in [1.165, 1.54) is 11.3 Å². The number of halogens is 2. The minimum absolute atomic E-state index is 0.0348. The molecule has 0 aliphatic carbocycles. The molecule has 9 heteroatoms. The first kappa shape index (κ1) is 19.9. The van der Waals surface area contributed by atoms with Crippen LogP contribution in [0.1, 0.15) is 37.2 Å². The zero-order valence-electron chi connectivity index (χ0n) is 15.0. The highest BCUT2D eigenvalue weighted by molar-refractivity contribution is 7.14. The van der Waals surface area contributed by atoms with Crippen LogP contribution in [0.3, 0.4) is 0 Å². The number of carbonyl (C=O) groups excluding carboxylic acids is 2. The number of aromatic nitrogens is 1. The Bertz CT molecular complexity index is 856. The summed E-state index contributed by atoms with van der Waals surface area (Å²) in [5, 5.41) is 9.00. The molecule has 144 valence electrons. The fourth-order valence-corrected chi connectivity index (χ4v) is 4.00. The Kier molecular flexibility index (Phi) is 6.24. The Balaban J connectivity index is 1.72. The van der Waals surface area contributed by atoms with Crippen molar-refractivity contribution < 1.29 is 9.59 Å². The van der Waals surface area contributed by atoms with Crippen LogP contribution < -0.4 is 10.6 Å². The van der Waals surface area contributed by atoms with Crippen LogP contribution >= 0.6 is 34.5 Å². The van der Waals surface area contributed by atoms with Crippen molar-refractivity contribution in [1.82, 2.24) is 15.2 Å². The van der Waals surface area contributed by atoms with E-state index in [0.717, 1.165) is 6.42 Å². The van der Waals surface area contributed by atoms with Crippen molar-refractivity contribution in [1.29, 1.82) is 0 Å². The number of nitrogens with zero attached hydrogens (tertiary/aromatic N) is 2. The number of benzene rings is 1. The third kappa shape index (κ3) is 4.54. The van der Waals surface area contributed by atoms with E-state index < -0.39 is 6.04 Å². The number of anilines is 2. The van der Waals surface area contributed by atoms with E-state index in [9.17, 15) is 9.59 Å². The second-order valence-electron chi connectivity index (χ2n) is 6.58. The van der Waals surface area contributed by atoms with Crippen molar-refractivity contribution >= 4 is 57.2 Å². The Labute approximate surface area is 171 Å². The lowest BCUT2D eigenvalue weighted by Gasteiger charge is -2.24. The van der Waals surface area contributed by atoms with Gasteiger partial charge in [-0.2, -0.15) is 0 Å². The first-order valence-electron chi connectivity index (χ1n) is 8.64. The van der Waals surface area contributed by atoms with Gasteiger partial charge in [0.15, 0.2) is 5.13 Å². The normalized spacial score (nSPS) is 16.6. The zero-order valence-corrected chi connectivity index (χ0v) is 17.3. The number of carbonyl (C=O) groups is 2. The van der Waals surface area contributed by atoms with Crippen molar-refractivity contribution in [3.63, 3.8) is 0 Å². The number of hydrogen-bond acceptors (Lipinski definition) is 5. The monoisotopic (exact) mass is 426 g/mol. The topological polar surface area (TPSA) is 74.3 Å². The third-order valence-corrected chi connectivity index (χ3v) is 5.74. The summed E-state index contributed by atoms with van der Waals surface area (Å²) >= 11 is 13.5. The summed E-state index contributed by atoms with van der Waals surface area (Å²) < 4.78 is 0. The standard InChI is InChI=1S/C18H20Cl2N4O2S/c1-10(2)21-16(25)14-7-4-8-24(14)17(26)13-9-27-18(23-13)22-12-6-3-5-11(19)15(12)20/h3,5-6,9-10,14H,4,7-8H2,1-2H3,(H,21,25)(H,22,23). The molecule has 2 heterocycles. The van der Waals surface area contributed by atoms with Crippen LogP contribution in [0.25, 0.3) is 0 Å². The van der Waals surface area contributed by atoms with Gasteiger partial charge in [0, 0.05) is 18.0 Å². The molecule has 2 aromatic rings. The van der Waals surface area contributed by atoms with Crippen molar-refractivity contribution in [3.05, 3.63) is 39.3 Å². The van der Waals surface area contributed by atoms with Gasteiger partial charge in [-0.25, -0.2) is 4.98 Å². The molecule has 1 unspecified atom stereocenters. The van der Waals surface area contributed by atoms with E-state index in [0.29, 0.717) is 39.5 Å². The van der Waals surface area contributed by atoms with Crippen molar-refractivity contribution in [3.8, 4) is 0 Å². The minimum Gasteiger partial charge on any atom is -0.352 e. The van der Waals surface area contributed by atoms with E-state index in [1.807, 2.05) is 13.8 Å². The summed E-state index contributed by atoms with van der Waals surface area (Å²) in [7, 11) is 0.